The van der Waals surface area contributed by atoms with Crippen LogP contribution in [0.3, 0.4) is 0 Å². The van der Waals surface area contributed by atoms with Crippen molar-refractivity contribution in [1.82, 2.24) is 4.90 Å². The third-order valence-electron chi connectivity index (χ3n) is 2.50. The number of nitriles is 1. The second kappa shape index (κ2) is 5.14. The highest BCUT2D eigenvalue weighted by atomic mass is 15.1. The molecular formula is C14H20N2. The molecule has 1 aromatic carbocycles. The Morgan fingerprint density at radius 1 is 1.38 bits per heavy atom. The van der Waals surface area contributed by atoms with Gasteiger partial charge in [-0.2, -0.15) is 5.26 Å². The lowest BCUT2D eigenvalue weighted by Crippen LogP contribution is -2.29. The smallest absolute Gasteiger partial charge is 0.0697 e. The molecule has 1 rings (SSSR count). The number of nitrogens with zero attached hydrogens (tertiary/aromatic N) is 2. The van der Waals surface area contributed by atoms with E-state index in [1.54, 1.807) is 0 Å². The standard InChI is InChI=1S/C14H20N2/c1-12-6-5-7-13(8-12)9-16(4)11-14(2,3)10-15/h5-8H,9,11H2,1-4H3. The summed E-state index contributed by atoms with van der Waals surface area (Å²) in [6, 6.07) is 10.8. The predicted octanol–water partition coefficient (Wildman–Crippen LogP) is 2.98. The summed E-state index contributed by atoms with van der Waals surface area (Å²) in [6.45, 7) is 7.73. The molecule has 1 aromatic rings. The molecule has 0 radical (unpaired) electrons. The van der Waals surface area contributed by atoms with Gasteiger partial charge in [-0.25, -0.2) is 0 Å². The summed E-state index contributed by atoms with van der Waals surface area (Å²) >= 11 is 0. The SMILES string of the molecule is Cc1cccc(CN(C)CC(C)(C)C#N)c1. The van der Waals surface area contributed by atoms with E-state index in [-0.39, 0.29) is 5.41 Å². The van der Waals surface area contributed by atoms with Crippen LogP contribution in [0.4, 0.5) is 0 Å². The van der Waals surface area contributed by atoms with E-state index in [4.69, 9.17) is 5.26 Å². The highest BCUT2D eigenvalue weighted by molar-refractivity contribution is 5.22. The predicted molar refractivity (Wildman–Crippen MR) is 66.9 cm³/mol. The third kappa shape index (κ3) is 4.04. The van der Waals surface area contributed by atoms with Gasteiger partial charge in [0.2, 0.25) is 0 Å². The van der Waals surface area contributed by atoms with Gasteiger partial charge < -0.3 is 4.90 Å². The Bertz CT molecular complexity index is 388. The zero-order valence-electron chi connectivity index (χ0n) is 10.6. The van der Waals surface area contributed by atoms with Gasteiger partial charge >= 0.3 is 0 Å². The zero-order chi connectivity index (χ0) is 12.2. The molecule has 0 heterocycles. The first-order valence-corrected chi connectivity index (χ1v) is 5.58. The third-order valence-corrected chi connectivity index (χ3v) is 2.50. The van der Waals surface area contributed by atoms with Crippen molar-refractivity contribution >= 4 is 0 Å². The van der Waals surface area contributed by atoms with E-state index in [0.29, 0.717) is 0 Å². The largest absolute Gasteiger partial charge is 0.301 e. The Morgan fingerprint density at radius 3 is 2.62 bits per heavy atom. The summed E-state index contributed by atoms with van der Waals surface area (Å²) in [6.07, 6.45) is 0. The molecule has 0 aromatic heterocycles. The summed E-state index contributed by atoms with van der Waals surface area (Å²) in [4.78, 5) is 2.19. The first-order chi connectivity index (χ1) is 7.43. The second-order valence-electron chi connectivity index (χ2n) is 5.16. The Balaban J connectivity index is 2.59. The Kier molecular flexibility index (Phi) is 4.09. The van der Waals surface area contributed by atoms with E-state index in [1.807, 2.05) is 13.8 Å². The normalized spacial score (nSPS) is 11.5. The highest BCUT2D eigenvalue weighted by Gasteiger charge is 2.18. The highest BCUT2D eigenvalue weighted by Crippen LogP contribution is 2.16. The number of hydrogen-bond acceptors (Lipinski definition) is 2. The average Bonchev–Trinajstić information content (AvgIpc) is 2.16. The van der Waals surface area contributed by atoms with Crippen LogP contribution >= 0.6 is 0 Å². The van der Waals surface area contributed by atoms with Gasteiger partial charge in [0.05, 0.1) is 11.5 Å². The molecule has 0 spiro atoms. The second-order valence-corrected chi connectivity index (χ2v) is 5.16. The minimum Gasteiger partial charge on any atom is -0.301 e. The van der Waals surface area contributed by atoms with E-state index >= 15 is 0 Å². The quantitative estimate of drug-likeness (QED) is 0.773. The summed E-state index contributed by atoms with van der Waals surface area (Å²) in [7, 11) is 2.06. The number of rotatable bonds is 4. The average molecular weight is 216 g/mol. The van der Waals surface area contributed by atoms with E-state index < -0.39 is 0 Å². The molecule has 0 fully saturated rings. The molecule has 0 unspecified atom stereocenters. The maximum absolute atomic E-state index is 8.98. The molecular weight excluding hydrogens is 196 g/mol. The first kappa shape index (κ1) is 12.7. The van der Waals surface area contributed by atoms with Gasteiger partial charge in [0.15, 0.2) is 0 Å². The van der Waals surface area contributed by atoms with Crippen LogP contribution in [0, 0.1) is 23.7 Å². The fraction of sp³-hybridized carbons (Fsp3) is 0.500. The first-order valence-electron chi connectivity index (χ1n) is 5.58. The monoisotopic (exact) mass is 216 g/mol. The lowest BCUT2D eigenvalue weighted by Gasteiger charge is -2.24. The van der Waals surface area contributed by atoms with Crippen LogP contribution in [0.2, 0.25) is 0 Å². The van der Waals surface area contributed by atoms with Gasteiger partial charge in [-0.15, -0.1) is 0 Å². The molecule has 0 N–H and O–H groups in total. The number of hydrogen-bond donors (Lipinski definition) is 0. The lowest BCUT2D eigenvalue weighted by atomic mass is 9.95. The fourth-order valence-electron chi connectivity index (χ4n) is 1.89. The molecule has 0 bridgehead atoms. The van der Waals surface area contributed by atoms with E-state index in [1.165, 1.54) is 11.1 Å². The maximum atomic E-state index is 8.98. The molecule has 2 nitrogen and oxygen atoms in total. The van der Waals surface area contributed by atoms with Crippen molar-refractivity contribution in [2.75, 3.05) is 13.6 Å². The Morgan fingerprint density at radius 2 is 2.06 bits per heavy atom. The lowest BCUT2D eigenvalue weighted by molar-refractivity contribution is 0.248. The molecule has 0 aliphatic carbocycles. The van der Waals surface area contributed by atoms with Crippen molar-refractivity contribution in [2.45, 2.75) is 27.3 Å². The van der Waals surface area contributed by atoms with Crippen LogP contribution < -0.4 is 0 Å². The molecule has 0 atom stereocenters. The van der Waals surface area contributed by atoms with E-state index in [9.17, 15) is 0 Å². The van der Waals surface area contributed by atoms with Crippen LogP contribution in [-0.4, -0.2) is 18.5 Å². The molecule has 16 heavy (non-hydrogen) atoms. The van der Waals surface area contributed by atoms with Crippen LogP contribution in [-0.2, 0) is 6.54 Å². The van der Waals surface area contributed by atoms with Crippen LogP contribution in [0.1, 0.15) is 25.0 Å². The van der Waals surface area contributed by atoms with Crippen molar-refractivity contribution in [3.63, 3.8) is 0 Å². The van der Waals surface area contributed by atoms with Gasteiger partial charge in [-0.05, 0) is 33.4 Å². The van der Waals surface area contributed by atoms with E-state index in [2.05, 4.69) is 49.2 Å². The van der Waals surface area contributed by atoms with Crippen LogP contribution in [0.15, 0.2) is 24.3 Å². The van der Waals surface area contributed by atoms with Crippen LogP contribution in [0.5, 0.6) is 0 Å². The molecule has 0 aliphatic heterocycles. The Hall–Kier alpha value is -1.33. The topological polar surface area (TPSA) is 27.0 Å². The minimum absolute atomic E-state index is 0.279. The van der Waals surface area contributed by atoms with Crippen LogP contribution in [0.25, 0.3) is 0 Å². The summed E-state index contributed by atoms with van der Waals surface area (Å²) < 4.78 is 0. The van der Waals surface area contributed by atoms with Gasteiger partial charge in [0, 0.05) is 13.1 Å². The van der Waals surface area contributed by atoms with Crippen molar-refractivity contribution in [3.8, 4) is 6.07 Å². The number of benzene rings is 1. The molecule has 0 aliphatic rings. The van der Waals surface area contributed by atoms with Gasteiger partial charge in [-0.1, -0.05) is 29.8 Å². The zero-order valence-corrected chi connectivity index (χ0v) is 10.6. The molecule has 86 valence electrons. The van der Waals surface area contributed by atoms with Crippen molar-refractivity contribution < 1.29 is 0 Å². The van der Waals surface area contributed by atoms with Gasteiger partial charge in [0.1, 0.15) is 0 Å². The molecule has 2 heteroatoms. The molecule has 0 saturated heterocycles. The van der Waals surface area contributed by atoms with Crippen molar-refractivity contribution in [1.29, 1.82) is 5.26 Å². The van der Waals surface area contributed by atoms with Crippen molar-refractivity contribution in [2.24, 2.45) is 5.41 Å². The molecule has 0 amide bonds. The fourth-order valence-corrected chi connectivity index (χ4v) is 1.89. The summed E-state index contributed by atoms with van der Waals surface area (Å²) in [5.41, 5.74) is 2.31. The Labute approximate surface area is 98.5 Å². The number of aryl methyl sites for hydroxylation is 1. The maximum Gasteiger partial charge on any atom is 0.0697 e. The molecule has 0 saturated carbocycles. The van der Waals surface area contributed by atoms with Gasteiger partial charge in [-0.3, -0.25) is 0 Å². The van der Waals surface area contributed by atoms with Crippen molar-refractivity contribution in [3.05, 3.63) is 35.4 Å². The summed E-state index contributed by atoms with van der Waals surface area (Å²) in [5.74, 6) is 0. The van der Waals surface area contributed by atoms with E-state index in [0.717, 1.165) is 13.1 Å². The minimum atomic E-state index is -0.279. The summed E-state index contributed by atoms with van der Waals surface area (Å²) in [5, 5.41) is 8.98. The van der Waals surface area contributed by atoms with Gasteiger partial charge in [0.25, 0.3) is 0 Å².